The first-order chi connectivity index (χ1) is 9.32. The summed E-state index contributed by atoms with van der Waals surface area (Å²) in [7, 11) is 0. The zero-order valence-corrected chi connectivity index (χ0v) is 13.4. The Morgan fingerprint density at radius 2 is 1.90 bits per heavy atom. The maximum atomic E-state index is 11.7. The number of hydrogen-bond acceptors (Lipinski definition) is 3. The standard InChI is InChI=1S/C16H30N2O2/c1-11(2)18(10-13-5-6-13)12(3)9-16(4,15(19)20)17-14-7-8-14/h11-14,17H,5-10H2,1-4H3,(H,19,20). The van der Waals surface area contributed by atoms with Gasteiger partial charge in [0.1, 0.15) is 5.54 Å². The van der Waals surface area contributed by atoms with Gasteiger partial charge in [0.2, 0.25) is 0 Å². The molecule has 2 aliphatic carbocycles. The second-order valence-corrected chi connectivity index (χ2v) is 7.34. The third kappa shape index (κ3) is 4.19. The highest BCUT2D eigenvalue weighted by Gasteiger charge is 2.41. The molecule has 20 heavy (non-hydrogen) atoms. The summed E-state index contributed by atoms with van der Waals surface area (Å²) in [5.41, 5.74) is -0.794. The lowest BCUT2D eigenvalue weighted by atomic mass is 9.92. The number of rotatable bonds is 9. The molecule has 0 spiro atoms. The predicted molar refractivity (Wildman–Crippen MR) is 80.8 cm³/mol. The van der Waals surface area contributed by atoms with E-state index in [4.69, 9.17) is 0 Å². The highest BCUT2D eigenvalue weighted by Crippen LogP contribution is 2.32. The number of carboxylic acids is 1. The van der Waals surface area contributed by atoms with Crippen LogP contribution in [0.5, 0.6) is 0 Å². The number of hydrogen-bond donors (Lipinski definition) is 2. The summed E-state index contributed by atoms with van der Waals surface area (Å²) in [4.78, 5) is 14.1. The fourth-order valence-electron chi connectivity index (χ4n) is 3.09. The Kier molecular flexibility index (Phi) is 4.75. The molecule has 0 radical (unpaired) electrons. The molecule has 0 aliphatic heterocycles. The van der Waals surface area contributed by atoms with Crippen molar-refractivity contribution in [2.45, 2.75) is 83.5 Å². The number of carbonyl (C=O) groups is 1. The third-order valence-electron chi connectivity index (χ3n) is 4.67. The van der Waals surface area contributed by atoms with E-state index in [1.807, 2.05) is 6.92 Å². The van der Waals surface area contributed by atoms with Crippen LogP contribution in [0.1, 0.15) is 59.8 Å². The van der Waals surface area contributed by atoms with E-state index in [9.17, 15) is 9.90 Å². The first-order valence-electron chi connectivity index (χ1n) is 8.08. The lowest BCUT2D eigenvalue weighted by Gasteiger charge is -2.38. The van der Waals surface area contributed by atoms with Gasteiger partial charge in [-0.3, -0.25) is 15.0 Å². The Morgan fingerprint density at radius 3 is 2.30 bits per heavy atom. The van der Waals surface area contributed by atoms with Crippen LogP contribution >= 0.6 is 0 Å². The van der Waals surface area contributed by atoms with Crippen molar-refractivity contribution in [2.75, 3.05) is 6.54 Å². The molecule has 0 aromatic carbocycles. The van der Waals surface area contributed by atoms with Gasteiger partial charge in [0.15, 0.2) is 0 Å². The van der Waals surface area contributed by atoms with Gasteiger partial charge in [0, 0.05) is 24.7 Å². The van der Waals surface area contributed by atoms with Gasteiger partial charge < -0.3 is 5.11 Å². The molecule has 2 unspecified atom stereocenters. The number of aliphatic carboxylic acids is 1. The zero-order chi connectivity index (χ0) is 14.9. The van der Waals surface area contributed by atoms with Crippen molar-refractivity contribution in [1.82, 2.24) is 10.2 Å². The van der Waals surface area contributed by atoms with Crippen molar-refractivity contribution < 1.29 is 9.90 Å². The molecule has 2 rings (SSSR count). The molecule has 2 saturated carbocycles. The Labute approximate surface area is 122 Å². The molecule has 0 saturated heterocycles. The molecule has 2 aliphatic rings. The van der Waals surface area contributed by atoms with Crippen LogP contribution in [0.3, 0.4) is 0 Å². The van der Waals surface area contributed by atoms with Crippen LogP contribution in [0.2, 0.25) is 0 Å². The van der Waals surface area contributed by atoms with E-state index in [0.717, 1.165) is 25.3 Å². The molecule has 0 aromatic rings. The second kappa shape index (κ2) is 6.02. The molecule has 0 aromatic heterocycles. The van der Waals surface area contributed by atoms with Gasteiger partial charge in [-0.25, -0.2) is 0 Å². The first kappa shape index (κ1) is 15.8. The van der Waals surface area contributed by atoms with Crippen LogP contribution in [0.15, 0.2) is 0 Å². The van der Waals surface area contributed by atoms with E-state index in [-0.39, 0.29) is 0 Å². The summed E-state index contributed by atoms with van der Waals surface area (Å²) in [6, 6.07) is 1.19. The summed E-state index contributed by atoms with van der Waals surface area (Å²) >= 11 is 0. The SMILES string of the molecule is CC(C)N(CC1CC1)C(C)CC(C)(NC1CC1)C(=O)O. The lowest BCUT2D eigenvalue weighted by molar-refractivity contribution is -0.145. The van der Waals surface area contributed by atoms with Gasteiger partial charge in [0.05, 0.1) is 0 Å². The lowest BCUT2D eigenvalue weighted by Crippen LogP contribution is -2.55. The molecule has 4 heteroatoms. The second-order valence-electron chi connectivity index (χ2n) is 7.34. The maximum absolute atomic E-state index is 11.7. The van der Waals surface area contributed by atoms with Crippen molar-refractivity contribution >= 4 is 5.97 Å². The van der Waals surface area contributed by atoms with Gasteiger partial charge in [-0.05, 0) is 65.7 Å². The Hall–Kier alpha value is -0.610. The topological polar surface area (TPSA) is 52.6 Å². The molecular weight excluding hydrogens is 252 g/mol. The van der Waals surface area contributed by atoms with Crippen molar-refractivity contribution in [2.24, 2.45) is 5.92 Å². The fourth-order valence-corrected chi connectivity index (χ4v) is 3.09. The van der Waals surface area contributed by atoms with Crippen molar-refractivity contribution in [1.29, 1.82) is 0 Å². The van der Waals surface area contributed by atoms with Gasteiger partial charge in [-0.15, -0.1) is 0 Å². The van der Waals surface area contributed by atoms with E-state index in [2.05, 4.69) is 31.0 Å². The third-order valence-corrected chi connectivity index (χ3v) is 4.67. The molecule has 0 bridgehead atoms. The normalized spacial score (nSPS) is 23.9. The van der Waals surface area contributed by atoms with E-state index in [0.29, 0.717) is 24.5 Å². The highest BCUT2D eigenvalue weighted by atomic mass is 16.4. The summed E-state index contributed by atoms with van der Waals surface area (Å²) < 4.78 is 0. The first-order valence-corrected chi connectivity index (χ1v) is 8.08. The van der Waals surface area contributed by atoms with E-state index < -0.39 is 11.5 Å². The number of carboxylic acid groups (broad SMARTS) is 1. The molecule has 0 heterocycles. The van der Waals surface area contributed by atoms with Gasteiger partial charge in [-0.2, -0.15) is 0 Å². The molecule has 2 fully saturated rings. The largest absolute Gasteiger partial charge is 0.480 e. The highest BCUT2D eigenvalue weighted by molar-refractivity contribution is 5.78. The van der Waals surface area contributed by atoms with Gasteiger partial charge in [-0.1, -0.05) is 0 Å². The average molecular weight is 282 g/mol. The molecule has 2 atom stereocenters. The van der Waals surface area contributed by atoms with Crippen LogP contribution in [0.4, 0.5) is 0 Å². The molecule has 2 N–H and O–H groups in total. The predicted octanol–water partition coefficient (Wildman–Crippen LogP) is 2.48. The quantitative estimate of drug-likeness (QED) is 0.682. The number of nitrogens with one attached hydrogen (secondary N) is 1. The average Bonchev–Trinajstić information content (AvgIpc) is 3.20. The van der Waals surface area contributed by atoms with Crippen LogP contribution in [0.25, 0.3) is 0 Å². The monoisotopic (exact) mass is 282 g/mol. The van der Waals surface area contributed by atoms with Crippen molar-refractivity contribution in [3.8, 4) is 0 Å². The molecule has 0 amide bonds. The molecule has 4 nitrogen and oxygen atoms in total. The molecular formula is C16H30N2O2. The van der Waals surface area contributed by atoms with Crippen LogP contribution in [0, 0.1) is 5.92 Å². The summed E-state index contributed by atoms with van der Waals surface area (Å²) in [5.74, 6) is 0.124. The van der Waals surface area contributed by atoms with Crippen LogP contribution in [-0.2, 0) is 4.79 Å². The Bertz CT molecular complexity index is 350. The van der Waals surface area contributed by atoms with E-state index in [1.165, 1.54) is 12.8 Å². The Balaban J connectivity index is 1.97. The van der Waals surface area contributed by atoms with E-state index in [1.54, 1.807) is 0 Å². The Morgan fingerprint density at radius 1 is 1.30 bits per heavy atom. The molecule has 116 valence electrons. The van der Waals surface area contributed by atoms with Crippen LogP contribution < -0.4 is 5.32 Å². The van der Waals surface area contributed by atoms with Gasteiger partial charge in [0.25, 0.3) is 0 Å². The fraction of sp³-hybridized carbons (Fsp3) is 0.938. The minimum atomic E-state index is -0.794. The summed E-state index contributed by atoms with van der Waals surface area (Å²) in [6.45, 7) is 9.58. The minimum absolute atomic E-state index is 0.294. The zero-order valence-electron chi connectivity index (χ0n) is 13.4. The van der Waals surface area contributed by atoms with Crippen LogP contribution in [-0.4, -0.2) is 46.2 Å². The van der Waals surface area contributed by atoms with Crippen molar-refractivity contribution in [3.63, 3.8) is 0 Å². The summed E-state index contributed by atoms with van der Waals surface area (Å²) in [6.07, 6.45) is 5.59. The smallest absolute Gasteiger partial charge is 0.323 e. The number of nitrogens with zero attached hydrogens (tertiary/aromatic N) is 1. The summed E-state index contributed by atoms with van der Waals surface area (Å²) in [5, 5.41) is 12.9. The van der Waals surface area contributed by atoms with Crippen molar-refractivity contribution in [3.05, 3.63) is 0 Å². The maximum Gasteiger partial charge on any atom is 0.323 e. The minimum Gasteiger partial charge on any atom is -0.480 e. The van der Waals surface area contributed by atoms with Gasteiger partial charge >= 0.3 is 5.97 Å². The van der Waals surface area contributed by atoms with E-state index >= 15 is 0 Å².